The Morgan fingerprint density at radius 3 is 2.00 bits per heavy atom. The van der Waals surface area contributed by atoms with Gasteiger partial charge in [0.05, 0.1) is 0 Å². The van der Waals surface area contributed by atoms with Gasteiger partial charge in [0.2, 0.25) is 0 Å². The Labute approximate surface area is 133 Å². The normalized spacial score (nSPS) is 10.6. The minimum absolute atomic E-state index is 0.00538. The molecule has 0 amide bonds. The molecule has 114 valence electrons. The van der Waals surface area contributed by atoms with E-state index < -0.39 is 17.4 Å². The molecule has 3 aromatic carbocycles. The first kappa shape index (κ1) is 15.1. The van der Waals surface area contributed by atoms with Crippen molar-refractivity contribution >= 4 is 5.78 Å². The van der Waals surface area contributed by atoms with Crippen LogP contribution in [0.2, 0.25) is 0 Å². The van der Waals surface area contributed by atoms with E-state index in [1.165, 1.54) is 0 Å². The van der Waals surface area contributed by atoms with Crippen LogP contribution in [0.3, 0.4) is 0 Å². The van der Waals surface area contributed by atoms with Crippen LogP contribution in [-0.4, -0.2) is 5.78 Å². The van der Waals surface area contributed by atoms with Crippen LogP contribution in [0.15, 0.2) is 66.7 Å². The molecule has 0 aromatic heterocycles. The van der Waals surface area contributed by atoms with E-state index in [2.05, 4.69) is 6.07 Å². The predicted octanol–water partition coefficient (Wildman–Crippen LogP) is 5.17. The zero-order valence-electron chi connectivity index (χ0n) is 12.5. The van der Waals surface area contributed by atoms with Gasteiger partial charge < -0.3 is 0 Å². The Bertz CT molecular complexity index is 847. The minimum atomic E-state index is -0.760. The van der Waals surface area contributed by atoms with E-state index >= 15 is 0 Å². The first-order valence-corrected chi connectivity index (χ1v) is 7.21. The summed E-state index contributed by atoms with van der Waals surface area (Å²) in [6, 6.07) is 17.9. The van der Waals surface area contributed by atoms with Crippen molar-refractivity contribution in [3.63, 3.8) is 0 Å². The van der Waals surface area contributed by atoms with E-state index in [1.54, 1.807) is 12.1 Å². The fourth-order valence-corrected chi connectivity index (χ4v) is 2.49. The third kappa shape index (κ3) is 3.34. The van der Waals surface area contributed by atoms with E-state index in [-0.39, 0.29) is 5.56 Å². The topological polar surface area (TPSA) is 17.1 Å². The molecule has 0 saturated heterocycles. The zero-order valence-corrected chi connectivity index (χ0v) is 12.5. The van der Waals surface area contributed by atoms with Crippen molar-refractivity contribution in [2.45, 2.75) is 6.92 Å². The molecule has 1 nitrogen and oxygen atoms in total. The molecule has 0 saturated carbocycles. The molecule has 0 aliphatic carbocycles. The lowest BCUT2D eigenvalue weighted by Crippen LogP contribution is -2.02. The number of ketones is 1. The monoisotopic (exact) mass is 308 g/mol. The van der Waals surface area contributed by atoms with Crippen molar-refractivity contribution in [3.05, 3.63) is 95.1 Å². The Kier molecular flexibility index (Phi) is 4.02. The highest BCUT2D eigenvalue weighted by atomic mass is 19.1. The highest BCUT2D eigenvalue weighted by Crippen LogP contribution is 2.22. The third-order valence-corrected chi connectivity index (χ3v) is 3.62. The Hall–Kier alpha value is -2.81. The summed E-state index contributed by atoms with van der Waals surface area (Å²) in [7, 11) is 0. The summed E-state index contributed by atoms with van der Waals surface area (Å²) >= 11 is 0. The Morgan fingerprint density at radius 2 is 1.39 bits per heavy atom. The molecule has 0 N–H and O–H groups in total. The van der Waals surface area contributed by atoms with Crippen molar-refractivity contribution in [1.82, 2.24) is 0 Å². The summed E-state index contributed by atoms with van der Waals surface area (Å²) in [6.07, 6.45) is 0. The van der Waals surface area contributed by atoms with Crippen LogP contribution >= 0.6 is 0 Å². The number of hydrogen-bond acceptors (Lipinski definition) is 1. The van der Waals surface area contributed by atoms with Gasteiger partial charge in [0.15, 0.2) is 5.78 Å². The maximum absolute atomic E-state index is 13.2. The lowest BCUT2D eigenvalue weighted by atomic mass is 9.98. The molecule has 23 heavy (non-hydrogen) atoms. The number of rotatable bonds is 3. The van der Waals surface area contributed by atoms with Gasteiger partial charge in [-0.2, -0.15) is 0 Å². The highest BCUT2D eigenvalue weighted by Gasteiger charge is 2.12. The fraction of sp³-hybridized carbons (Fsp3) is 0.0500. The molecule has 0 aliphatic rings. The molecule has 0 heterocycles. The molecule has 0 spiro atoms. The van der Waals surface area contributed by atoms with Crippen LogP contribution in [-0.2, 0) is 0 Å². The van der Waals surface area contributed by atoms with Gasteiger partial charge in [0, 0.05) is 17.2 Å². The molecular weight excluding hydrogens is 294 g/mol. The number of hydrogen-bond donors (Lipinski definition) is 0. The molecule has 3 aromatic rings. The standard InChI is InChI=1S/C20H14F2O/c1-13-3-2-4-16(9-13)14-5-7-15(8-6-14)20(23)17-10-18(21)12-19(22)11-17/h2-12H,1H3. The smallest absolute Gasteiger partial charge is 0.193 e. The predicted molar refractivity (Wildman–Crippen MR) is 86.4 cm³/mol. The maximum Gasteiger partial charge on any atom is 0.193 e. The number of benzene rings is 3. The van der Waals surface area contributed by atoms with Crippen LogP contribution in [0.5, 0.6) is 0 Å². The van der Waals surface area contributed by atoms with Crippen LogP contribution in [0, 0.1) is 18.6 Å². The van der Waals surface area contributed by atoms with E-state index in [0.717, 1.165) is 34.9 Å². The second kappa shape index (κ2) is 6.13. The first-order chi connectivity index (χ1) is 11.0. The molecule has 0 fully saturated rings. The maximum atomic E-state index is 13.2. The molecule has 3 rings (SSSR count). The number of aryl methyl sites for hydroxylation is 1. The van der Waals surface area contributed by atoms with Gasteiger partial charge in [-0.1, -0.05) is 54.1 Å². The minimum Gasteiger partial charge on any atom is -0.289 e. The summed E-state index contributed by atoms with van der Waals surface area (Å²) < 4.78 is 26.5. The van der Waals surface area contributed by atoms with E-state index in [9.17, 15) is 13.6 Å². The second-order valence-corrected chi connectivity index (χ2v) is 5.43. The molecule has 0 aliphatic heterocycles. The molecule has 0 atom stereocenters. The SMILES string of the molecule is Cc1cccc(-c2ccc(C(=O)c3cc(F)cc(F)c3)cc2)c1. The summed E-state index contributed by atoms with van der Waals surface area (Å²) in [4.78, 5) is 12.3. The molecule has 3 heteroatoms. The van der Waals surface area contributed by atoms with Gasteiger partial charge in [-0.05, 0) is 30.2 Å². The van der Waals surface area contributed by atoms with Gasteiger partial charge in [0.1, 0.15) is 11.6 Å². The average Bonchev–Trinajstić information content (AvgIpc) is 2.53. The second-order valence-electron chi connectivity index (χ2n) is 5.43. The van der Waals surface area contributed by atoms with Crippen LogP contribution < -0.4 is 0 Å². The van der Waals surface area contributed by atoms with Gasteiger partial charge in [-0.25, -0.2) is 8.78 Å². The summed E-state index contributed by atoms with van der Waals surface area (Å²) in [5, 5.41) is 0. The van der Waals surface area contributed by atoms with Gasteiger partial charge in [0.25, 0.3) is 0 Å². The lowest BCUT2D eigenvalue weighted by Gasteiger charge is -2.06. The Balaban J connectivity index is 1.91. The van der Waals surface area contributed by atoms with Crippen LogP contribution in [0.1, 0.15) is 21.5 Å². The van der Waals surface area contributed by atoms with Crippen molar-refractivity contribution in [1.29, 1.82) is 0 Å². The highest BCUT2D eigenvalue weighted by molar-refractivity contribution is 6.09. The lowest BCUT2D eigenvalue weighted by molar-refractivity contribution is 0.103. The average molecular weight is 308 g/mol. The molecule has 0 radical (unpaired) electrons. The number of halogens is 2. The summed E-state index contributed by atoms with van der Waals surface area (Å²) in [5.41, 5.74) is 3.59. The van der Waals surface area contributed by atoms with E-state index in [0.29, 0.717) is 5.56 Å². The van der Waals surface area contributed by atoms with E-state index in [1.807, 2.05) is 37.3 Å². The van der Waals surface area contributed by atoms with Crippen molar-refractivity contribution in [2.75, 3.05) is 0 Å². The molecule has 0 unspecified atom stereocenters. The largest absolute Gasteiger partial charge is 0.289 e. The molecule has 0 bridgehead atoms. The van der Waals surface area contributed by atoms with Gasteiger partial charge in [-0.15, -0.1) is 0 Å². The van der Waals surface area contributed by atoms with Crippen molar-refractivity contribution in [2.24, 2.45) is 0 Å². The van der Waals surface area contributed by atoms with Gasteiger partial charge in [-0.3, -0.25) is 4.79 Å². The van der Waals surface area contributed by atoms with Crippen LogP contribution in [0.25, 0.3) is 11.1 Å². The number of carbonyl (C=O) groups is 1. The van der Waals surface area contributed by atoms with Crippen molar-refractivity contribution < 1.29 is 13.6 Å². The number of carbonyl (C=O) groups excluding carboxylic acids is 1. The first-order valence-electron chi connectivity index (χ1n) is 7.21. The van der Waals surface area contributed by atoms with Crippen LogP contribution in [0.4, 0.5) is 8.78 Å². The zero-order chi connectivity index (χ0) is 16.4. The quantitative estimate of drug-likeness (QED) is 0.610. The van der Waals surface area contributed by atoms with Crippen molar-refractivity contribution in [3.8, 4) is 11.1 Å². The summed E-state index contributed by atoms with van der Waals surface area (Å²) in [5.74, 6) is -1.92. The fourth-order valence-electron chi connectivity index (χ4n) is 2.49. The van der Waals surface area contributed by atoms with Gasteiger partial charge >= 0.3 is 0 Å². The third-order valence-electron chi connectivity index (χ3n) is 3.62. The summed E-state index contributed by atoms with van der Waals surface area (Å²) in [6.45, 7) is 2.01. The molecular formula is C20H14F2O. The Morgan fingerprint density at radius 1 is 0.739 bits per heavy atom. The van der Waals surface area contributed by atoms with E-state index in [4.69, 9.17) is 0 Å².